The van der Waals surface area contributed by atoms with Crippen LogP contribution in [-0.2, 0) is 0 Å². The van der Waals surface area contributed by atoms with Gasteiger partial charge >= 0.3 is 5.97 Å². The van der Waals surface area contributed by atoms with Crippen molar-refractivity contribution in [3.63, 3.8) is 0 Å². The van der Waals surface area contributed by atoms with E-state index in [0.29, 0.717) is 11.1 Å². The van der Waals surface area contributed by atoms with Gasteiger partial charge < -0.3 is 14.9 Å². The van der Waals surface area contributed by atoms with Gasteiger partial charge in [-0.15, -0.1) is 0 Å². The lowest BCUT2D eigenvalue weighted by molar-refractivity contribution is 0.0734. The van der Waals surface area contributed by atoms with E-state index in [0.717, 1.165) is 10.5 Å². The lowest BCUT2D eigenvalue weighted by atomic mass is 10.2. The van der Waals surface area contributed by atoms with Crippen LogP contribution in [0.25, 0.3) is 0 Å². The summed E-state index contributed by atoms with van der Waals surface area (Å²) in [6, 6.07) is 17.1. The molecular formula is C21H15BrN2O5. The number of hydrogen-bond acceptors (Lipinski definition) is 6. The Hall–Kier alpha value is -3.65. The molecule has 0 saturated carbocycles. The summed E-state index contributed by atoms with van der Waals surface area (Å²) in [5.41, 5.74) is 3.06. The van der Waals surface area contributed by atoms with E-state index in [-0.39, 0.29) is 22.8 Å². The SMILES string of the molecule is O=C(Oc1ccc(Br)cc1C=NNC(=O)c1ccc(O)cc1O)c1ccccc1. The molecule has 3 aromatic rings. The largest absolute Gasteiger partial charge is 0.508 e. The molecule has 146 valence electrons. The van der Waals surface area contributed by atoms with Gasteiger partial charge in [-0.25, -0.2) is 10.2 Å². The minimum atomic E-state index is -0.670. The van der Waals surface area contributed by atoms with Crippen molar-refractivity contribution in [3.8, 4) is 17.2 Å². The molecule has 7 nitrogen and oxygen atoms in total. The first-order valence-electron chi connectivity index (χ1n) is 8.36. The lowest BCUT2D eigenvalue weighted by Gasteiger charge is -2.08. The molecule has 0 spiro atoms. The molecule has 0 aromatic heterocycles. The molecule has 0 atom stereocenters. The van der Waals surface area contributed by atoms with Gasteiger partial charge in [-0.2, -0.15) is 5.10 Å². The summed E-state index contributed by atoms with van der Waals surface area (Å²) in [6.45, 7) is 0. The Morgan fingerprint density at radius 3 is 2.48 bits per heavy atom. The van der Waals surface area contributed by atoms with Crippen molar-refractivity contribution in [3.05, 3.63) is 87.9 Å². The number of nitrogens with one attached hydrogen (secondary N) is 1. The predicted octanol–water partition coefficient (Wildman–Crippen LogP) is 3.84. The first kappa shape index (κ1) is 20.1. The molecule has 3 rings (SSSR count). The number of benzene rings is 3. The summed E-state index contributed by atoms with van der Waals surface area (Å²) >= 11 is 3.34. The van der Waals surface area contributed by atoms with Gasteiger partial charge in [0, 0.05) is 16.1 Å². The number of phenolic OH excluding ortho intramolecular Hbond substituents is 2. The summed E-state index contributed by atoms with van der Waals surface area (Å²) in [5.74, 6) is -1.48. The number of esters is 1. The van der Waals surface area contributed by atoms with E-state index in [2.05, 4.69) is 26.5 Å². The third kappa shape index (κ3) is 5.20. The summed E-state index contributed by atoms with van der Waals surface area (Å²) in [7, 11) is 0. The number of phenols is 2. The maximum atomic E-state index is 12.3. The number of halogens is 1. The summed E-state index contributed by atoms with van der Waals surface area (Å²) < 4.78 is 6.15. The third-order valence-electron chi connectivity index (χ3n) is 3.78. The van der Waals surface area contributed by atoms with Crippen molar-refractivity contribution in [2.45, 2.75) is 0 Å². The quantitative estimate of drug-likeness (QED) is 0.235. The lowest BCUT2D eigenvalue weighted by Crippen LogP contribution is -2.17. The Bertz CT molecular complexity index is 1080. The number of aromatic hydroxyl groups is 2. The average molecular weight is 455 g/mol. The molecule has 0 radical (unpaired) electrons. The van der Waals surface area contributed by atoms with Gasteiger partial charge in [-0.3, -0.25) is 4.79 Å². The van der Waals surface area contributed by atoms with Gasteiger partial charge in [0.25, 0.3) is 5.91 Å². The molecule has 3 aromatic carbocycles. The fourth-order valence-electron chi connectivity index (χ4n) is 2.38. The number of nitrogens with zero attached hydrogens (tertiary/aromatic N) is 1. The molecule has 0 fully saturated rings. The number of carbonyl (C=O) groups is 2. The zero-order valence-corrected chi connectivity index (χ0v) is 16.5. The molecule has 0 heterocycles. The summed E-state index contributed by atoms with van der Waals surface area (Å²) in [6.07, 6.45) is 1.31. The van der Waals surface area contributed by atoms with Crippen LogP contribution in [0.1, 0.15) is 26.3 Å². The molecule has 3 N–H and O–H groups in total. The van der Waals surface area contributed by atoms with E-state index in [1.165, 1.54) is 18.3 Å². The van der Waals surface area contributed by atoms with Crippen molar-refractivity contribution in [1.82, 2.24) is 5.43 Å². The second kappa shape index (κ2) is 9.03. The molecule has 8 heteroatoms. The second-order valence-corrected chi connectivity index (χ2v) is 6.75. The maximum Gasteiger partial charge on any atom is 0.343 e. The van der Waals surface area contributed by atoms with E-state index in [1.807, 2.05) is 0 Å². The zero-order valence-electron chi connectivity index (χ0n) is 14.9. The van der Waals surface area contributed by atoms with Crippen LogP contribution in [0.5, 0.6) is 17.2 Å². The molecule has 0 unspecified atom stereocenters. The molecule has 0 aliphatic carbocycles. The monoisotopic (exact) mass is 454 g/mol. The predicted molar refractivity (Wildman–Crippen MR) is 110 cm³/mol. The molecule has 0 saturated heterocycles. The molecular weight excluding hydrogens is 440 g/mol. The van der Waals surface area contributed by atoms with Crippen LogP contribution in [0, 0.1) is 0 Å². The van der Waals surface area contributed by atoms with Crippen LogP contribution < -0.4 is 10.2 Å². The van der Waals surface area contributed by atoms with Crippen LogP contribution in [0.2, 0.25) is 0 Å². The van der Waals surface area contributed by atoms with Gasteiger partial charge in [-0.05, 0) is 42.5 Å². The van der Waals surface area contributed by atoms with Crippen LogP contribution in [0.4, 0.5) is 0 Å². The number of rotatable bonds is 5. The zero-order chi connectivity index (χ0) is 20.8. The fraction of sp³-hybridized carbons (Fsp3) is 0. The van der Waals surface area contributed by atoms with Crippen LogP contribution in [-0.4, -0.2) is 28.3 Å². The van der Waals surface area contributed by atoms with Gasteiger partial charge in [0.05, 0.1) is 17.3 Å². The van der Waals surface area contributed by atoms with E-state index in [4.69, 9.17) is 4.74 Å². The van der Waals surface area contributed by atoms with E-state index >= 15 is 0 Å². The normalized spacial score (nSPS) is 10.7. The maximum absolute atomic E-state index is 12.3. The van der Waals surface area contributed by atoms with E-state index < -0.39 is 11.9 Å². The average Bonchev–Trinajstić information content (AvgIpc) is 2.70. The Kier molecular flexibility index (Phi) is 6.25. The van der Waals surface area contributed by atoms with Crippen LogP contribution in [0.15, 0.2) is 76.3 Å². The molecule has 0 aliphatic rings. The number of carbonyl (C=O) groups excluding carboxylic acids is 2. The Labute approximate surface area is 174 Å². The van der Waals surface area contributed by atoms with Crippen molar-refractivity contribution < 1.29 is 24.5 Å². The third-order valence-corrected chi connectivity index (χ3v) is 4.27. The van der Waals surface area contributed by atoms with E-state index in [9.17, 15) is 19.8 Å². The first-order chi connectivity index (χ1) is 13.9. The topological polar surface area (TPSA) is 108 Å². The van der Waals surface area contributed by atoms with Crippen LogP contribution in [0.3, 0.4) is 0 Å². The van der Waals surface area contributed by atoms with Crippen molar-refractivity contribution >= 4 is 34.0 Å². The molecule has 1 amide bonds. The van der Waals surface area contributed by atoms with Gasteiger partial charge in [0.2, 0.25) is 0 Å². The second-order valence-electron chi connectivity index (χ2n) is 5.84. The minimum absolute atomic E-state index is 0.0510. The smallest absolute Gasteiger partial charge is 0.343 e. The summed E-state index contributed by atoms with van der Waals surface area (Å²) in [4.78, 5) is 24.4. The first-order valence-corrected chi connectivity index (χ1v) is 9.15. The highest BCUT2D eigenvalue weighted by Crippen LogP contribution is 2.24. The van der Waals surface area contributed by atoms with Crippen molar-refractivity contribution in [2.75, 3.05) is 0 Å². The Balaban J connectivity index is 1.75. The number of amides is 1. The van der Waals surface area contributed by atoms with Crippen LogP contribution >= 0.6 is 15.9 Å². The molecule has 0 bridgehead atoms. The molecule has 29 heavy (non-hydrogen) atoms. The highest BCUT2D eigenvalue weighted by atomic mass is 79.9. The standard InChI is InChI=1S/C21H15BrN2O5/c22-15-6-9-19(29-21(28)13-4-2-1-3-5-13)14(10-15)12-23-24-20(27)17-8-7-16(25)11-18(17)26/h1-12,25-26H,(H,24,27). The fourth-order valence-corrected chi connectivity index (χ4v) is 2.76. The highest BCUT2D eigenvalue weighted by Gasteiger charge is 2.13. The van der Waals surface area contributed by atoms with Gasteiger partial charge in [-0.1, -0.05) is 34.1 Å². The Morgan fingerprint density at radius 1 is 1.00 bits per heavy atom. The van der Waals surface area contributed by atoms with Crippen molar-refractivity contribution in [1.29, 1.82) is 0 Å². The highest BCUT2D eigenvalue weighted by molar-refractivity contribution is 9.10. The minimum Gasteiger partial charge on any atom is -0.508 e. The number of ether oxygens (including phenoxy) is 1. The van der Waals surface area contributed by atoms with Gasteiger partial charge in [0.15, 0.2) is 0 Å². The molecule has 0 aliphatic heterocycles. The number of hydrogen-bond donors (Lipinski definition) is 3. The van der Waals surface area contributed by atoms with Crippen molar-refractivity contribution in [2.24, 2.45) is 5.10 Å². The summed E-state index contributed by atoms with van der Waals surface area (Å²) in [5, 5.41) is 22.9. The van der Waals surface area contributed by atoms with Gasteiger partial charge in [0.1, 0.15) is 17.2 Å². The number of hydrazone groups is 1. The van der Waals surface area contributed by atoms with E-state index in [1.54, 1.807) is 48.5 Å². The Morgan fingerprint density at radius 2 is 1.76 bits per heavy atom.